The predicted molar refractivity (Wildman–Crippen MR) is 141 cm³/mol. The highest BCUT2D eigenvalue weighted by atomic mass is 31.2. The van der Waals surface area contributed by atoms with Gasteiger partial charge in [0.2, 0.25) is 0 Å². The molecule has 0 aliphatic carbocycles. The zero-order valence-corrected chi connectivity index (χ0v) is 24.9. The van der Waals surface area contributed by atoms with E-state index in [1.807, 2.05) is 0 Å². The second-order valence-corrected chi connectivity index (χ2v) is 13.6. The van der Waals surface area contributed by atoms with Gasteiger partial charge in [-0.05, 0) is 52.3 Å². The minimum atomic E-state index is -4.35. The van der Waals surface area contributed by atoms with Gasteiger partial charge in [-0.1, -0.05) is 12.1 Å². The molecule has 1 N–H and O–H groups in total. The summed E-state index contributed by atoms with van der Waals surface area (Å²) in [7, 11) is -4.35. The lowest BCUT2D eigenvalue weighted by molar-refractivity contribution is -0.232. The number of benzene rings is 1. The molecule has 0 radical (unpaired) electrons. The standard InChI is InChI=1S/C27H32FN2O12P/c1-12-10-30(25(32)29-22(12)31)23-20-17(37-26(2,3)38-20)15(35-23)11-34-43(33)41-16(13-6-8-14(28)9-7-13)18-19(42-43)21-24(36-18)40-27(4,5)39-21/h6-10,15-21,23-24H,11H2,1-5H3,(H,29,31,32)/t15-,16-,17-,18-,19+,20-,21-,23-,24-,43+/m1/s1. The Morgan fingerprint density at radius 3 is 2.33 bits per heavy atom. The van der Waals surface area contributed by atoms with Crippen molar-refractivity contribution in [1.29, 1.82) is 0 Å². The fraction of sp³-hybridized carbons (Fsp3) is 0.630. The summed E-state index contributed by atoms with van der Waals surface area (Å²) in [6.07, 6.45) is -6.18. The number of hydrogen-bond donors (Lipinski definition) is 1. The lowest BCUT2D eigenvalue weighted by Gasteiger charge is -2.38. The normalized spacial score (nSPS) is 40.7. The van der Waals surface area contributed by atoms with E-state index in [4.69, 9.17) is 42.0 Å². The Bertz CT molecular complexity index is 1580. The van der Waals surface area contributed by atoms with Gasteiger partial charge >= 0.3 is 13.5 Å². The molecule has 6 heterocycles. The number of aromatic amines is 1. The number of phosphoric ester groups is 1. The first-order chi connectivity index (χ1) is 20.2. The first kappa shape index (κ1) is 29.4. The third kappa shape index (κ3) is 5.25. The largest absolute Gasteiger partial charge is 0.476 e. The van der Waals surface area contributed by atoms with E-state index in [0.717, 1.165) is 0 Å². The van der Waals surface area contributed by atoms with E-state index in [9.17, 15) is 18.5 Å². The highest BCUT2D eigenvalue weighted by molar-refractivity contribution is 7.48. The summed E-state index contributed by atoms with van der Waals surface area (Å²) >= 11 is 0. The number of nitrogens with one attached hydrogen (secondary N) is 1. The molecular weight excluding hydrogens is 594 g/mol. The number of hydrogen-bond acceptors (Lipinski definition) is 12. The molecule has 0 amide bonds. The minimum absolute atomic E-state index is 0.297. The van der Waals surface area contributed by atoms with Crippen molar-refractivity contribution in [1.82, 2.24) is 9.55 Å². The van der Waals surface area contributed by atoms with Crippen molar-refractivity contribution in [2.75, 3.05) is 6.61 Å². The molecule has 1 aromatic carbocycles. The molecule has 16 heteroatoms. The van der Waals surface area contributed by atoms with Crippen LogP contribution in [-0.2, 0) is 46.6 Å². The Balaban J connectivity index is 1.15. The van der Waals surface area contributed by atoms with Crippen molar-refractivity contribution in [3.8, 4) is 0 Å². The summed E-state index contributed by atoms with van der Waals surface area (Å²) in [5, 5.41) is 0. The molecule has 0 bridgehead atoms. The molecule has 14 nitrogen and oxygen atoms in total. The molecule has 1 aromatic heterocycles. The number of phosphoric acid groups is 1. The molecule has 7 rings (SSSR count). The van der Waals surface area contributed by atoms with Gasteiger partial charge in [-0.2, -0.15) is 0 Å². The molecule has 234 valence electrons. The average molecular weight is 627 g/mol. The van der Waals surface area contributed by atoms with Crippen LogP contribution in [0.3, 0.4) is 0 Å². The Morgan fingerprint density at radius 1 is 0.907 bits per heavy atom. The van der Waals surface area contributed by atoms with E-state index in [0.29, 0.717) is 11.1 Å². The third-order valence-electron chi connectivity index (χ3n) is 7.96. The fourth-order valence-corrected chi connectivity index (χ4v) is 7.72. The molecule has 5 aliphatic rings. The van der Waals surface area contributed by atoms with Crippen LogP contribution >= 0.6 is 7.82 Å². The van der Waals surface area contributed by atoms with Crippen LogP contribution in [0.5, 0.6) is 0 Å². The Morgan fingerprint density at radius 2 is 1.58 bits per heavy atom. The lowest BCUT2D eigenvalue weighted by atomic mass is 9.99. The van der Waals surface area contributed by atoms with Crippen LogP contribution in [0.15, 0.2) is 40.1 Å². The number of ether oxygens (including phenoxy) is 6. The second-order valence-electron chi connectivity index (χ2n) is 12.1. The molecule has 5 fully saturated rings. The maximum atomic E-state index is 14.1. The van der Waals surface area contributed by atoms with Crippen LogP contribution in [0.1, 0.15) is 51.2 Å². The summed E-state index contributed by atoms with van der Waals surface area (Å²) < 4.78 is 83.0. The maximum absolute atomic E-state index is 14.1. The van der Waals surface area contributed by atoms with E-state index < -0.39 is 91.7 Å². The maximum Gasteiger partial charge on any atom is 0.476 e. The quantitative estimate of drug-likeness (QED) is 0.485. The molecule has 5 saturated heterocycles. The molecule has 0 spiro atoms. The smallest absolute Gasteiger partial charge is 0.346 e. The third-order valence-corrected chi connectivity index (χ3v) is 9.41. The molecule has 43 heavy (non-hydrogen) atoms. The van der Waals surface area contributed by atoms with Crippen molar-refractivity contribution in [2.45, 2.75) is 101 Å². The zero-order valence-electron chi connectivity index (χ0n) is 24.0. The number of H-pyrrole nitrogens is 1. The van der Waals surface area contributed by atoms with Gasteiger partial charge in [-0.3, -0.25) is 27.9 Å². The molecule has 5 aliphatic heterocycles. The van der Waals surface area contributed by atoms with Crippen LogP contribution < -0.4 is 11.2 Å². The summed E-state index contributed by atoms with van der Waals surface area (Å²) in [4.78, 5) is 26.9. The summed E-state index contributed by atoms with van der Waals surface area (Å²) in [5.41, 5.74) is -0.420. The van der Waals surface area contributed by atoms with Gasteiger partial charge < -0.3 is 28.4 Å². The molecule has 2 aromatic rings. The lowest BCUT2D eigenvalue weighted by Crippen LogP contribution is -2.43. The topological polar surface area (TPSA) is 155 Å². The SMILES string of the molecule is Cc1cn([C@@H]2O[C@H](CO[P@]3(=O)O[C@@H]4[C@H]5OC(C)(C)O[C@H]5O[C@@H]4[C@@H](c4ccc(F)cc4)O3)[C@H]3OC(C)(C)O[C@H]32)c(=O)[nH]c1=O. The summed E-state index contributed by atoms with van der Waals surface area (Å²) in [5.74, 6) is -2.45. The van der Waals surface area contributed by atoms with Gasteiger partial charge in [-0.25, -0.2) is 13.8 Å². The number of aromatic nitrogens is 2. The van der Waals surface area contributed by atoms with E-state index in [1.165, 1.54) is 35.0 Å². The molecule has 0 unspecified atom stereocenters. The molecular formula is C27H32FN2O12P. The zero-order chi connectivity index (χ0) is 30.5. The van der Waals surface area contributed by atoms with E-state index in [1.54, 1.807) is 34.6 Å². The van der Waals surface area contributed by atoms with Crippen LogP contribution in [0.4, 0.5) is 4.39 Å². The van der Waals surface area contributed by atoms with Crippen LogP contribution in [0.2, 0.25) is 0 Å². The van der Waals surface area contributed by atoms with Crippen LogP contribution in [0.25, 0.3) is 0 Å². The molecule has 10 atom stereocenters. The predicted octanol–water partition coefficient (Wildman–Crippen LogP) is 2.56. The minimum Gasteiger partial charge on any atom is -0.346 e. The van der Waals surface area contributed by atoms with Gasteiger partial charge in [0.25, 0.3) is 5.56 Å². The summed E-state index contributed by atoms with van der Waals surface area (Å²) in [6, 6.07) is 5.52. The van der Waals surface area contributed by atoms with Crippen molar-refractivity contribution in [3.63, 3.8) is 0 Å². The van der Waals surface area contributed by atoms with Gasteiger partial charge in [-0.15, -0.1) is 0 Å². The first-order valence-corrected chi connectivity index (χ1v) is 15.4. The average Bonchev–Trinajstić information content (AvgIpc) is 3.61. The van der Waals surface area contributed by atoms with E-state index in [2.05, 4.69) is 4.98 Å². The van der Waals surface area contributed by atoms with Crippen molar-refractivity contribution in [2.24, 2.45) is 0 Å². The van der Waals surface area contributed by atoms with Gasteiger partial charge in [0.15, 0.2) is 24.1 Å². The second kappa shape index (κ2) is 10.1. The number of nitrogens with zero attached hydrogens (tertiary/aromatic N) is 1. The molecule has 0 saturated carbocycles. The van der Waals surface area contributed by atoms with Gasteiger partial charge in [0.05, 0.1) is 6.61 Å². The fourth-order valence-electron chi connectivity index (χ4n) is 6.16. The van der Waals surface area contributed by atoms with Crippen LogP contribution in [0, 0.1) is 12.7 Å². The highest BCUT2D eigenvalue weighted by Crippen LogP contribution is 2.63. The van der Waals surface area contributed by atoms with Crippen molar-refractivity contribution < 1.29 is 50.9 Å². The van der Waals surface area contributed by atoms with E-state index >= 15 is 0 Å². The number of fused-ring (bicyclic) bond motifs is 4. The van der Waals surface area contributed by atoms with E-state index in [-0.39, 0.29) is 6.61 Å². The number of aryl methyl sites for hydroxylation is 1. The highest BCUT2D eigenvalue weighted by Gasteiger charge is 2.63. The van der Waals surface area contributed by atoms with Crippen molar-refractivity contribution in [3.05, 3.63) is 68.2 Å². The number of halogens is 1. The summed E-state index contributed by atoms with van der Waals surface area (Å²) in [6.45, 7) is 8.10. The first-order valence-electron chi connectivity index (χ1n) is 13.9. The monoisotopic (exact) mass is 626 g/mol. The van der Waals surface area contributed by atoms with Gasteiger partial charge in [0.1, 0.15) is 48.5 Å². The van der Waals surface area contributed by atoms with Crippen molar-refractivity contribution >= 4 is 7.82 Å². The number of rotatable bonds is 5. The Labute approximate surface area is 244 Å². The van der Waals surface area contributed by atoms with Crippen LogP contribution in [-0.4, -0.2) is 70.6 Å². The Hall–Kier alpha value is -2.30. The Kier molecular flexibility index (Phi) is 6.91. The van der Waals surface area contributed by atoms with Gasteiger partial charge in [0, 0.05) is 11.8 Å².